The molecule has 142 valence electrons. The SMILES string of the molecule is CCOc1ccccc1N1CCN(C(=O)c2ccc(NC(N)=O)cc2)CC1. The zero-order chi connectivity index (χ0) is 19.2. The van der Waals surface area contributed by atoms with Gasteiger partial charge in [-0.2, -0.15) is 0 Å². The molecular formula is C20H24N4O3. The molecule has 3 N–H and O–H groups in total. The van der Waals surface area contributed by atoms with Gasteiger partial charge in [0, 0.05) is 37.4 Å². The third-order valence-electron chi connectivity index (χ3n) is 4.47. The number of hydrogen-bond acceptors (Lipinski definition) is 4. The van der Waals surface area contributed by atoms with Crippen LogP contribution in [0, 0.1) is 0 Å². The van der Waals surface area contributed by atoms with E-state index >= 15 is 0 Å². The van der Waals surface area contributed by atoms with Gasteiger partial charge in [-0.15, -0.1) is 0 Å². The van der Waals surface area contributed by atoms with Gasteiger partial charge < -0.3 is 25.6 Å². The number of nitrogens with zero attached hydrogens (tertiary/aromatic N) is 2. The number of nitrogens with one attached hydrogen (secondary N) is 1. The largest absolute Gasteiger partial charge is 0.492 e. The van der Waals surface area contributed by atoms with E-state index in [2.05, 4.69) is 10.2 Å². The molecule has 0 aliphatic carbocycles. The average Bonchev–Trinajstić information content (AvgIpc) is 2.68. The van der Waals surface area contributed by atoms with E-state index in [1.54, 1.807) is 24.3 Å². The lowest BCUT2D eigenvalue weighted by molar-refractivity contribution is 0.0746. The Morgan fingerprint density at radius 1 is 1.04 bits per heavy atom. The van der Waals surface area contributed by atoms with Gasteiger partial charge >= 0.3 is 6.03 Å². The van der Waals surface area contributed by atoms with Crippen LogP contribution in [0.2, 0.25) is 0 Å². The number of ether oxygens (including phenoxy) is 1. The molecule has 7 nitrogen and oxygen atoms in total. The van der Waals surface area contributed by atoms with Crippen LogP contribution >= 0.6 is 0 Å². The third kappa shape index (κ3) is 4.49. The minimum Gasteiger partial charge on any atom is -0.492 e. The van der Waals surface area contributed by atoms with Crippen LogP contribution in [0.3, 0.4) is 0 Å². The van der Waals surface area contributed by atoms with Crippen LogP contribution in [0.5, 0.6) is 5.75 Å². The molecule has 0 bridgehead atoms. The van der Waals surface area contributed by atoms with E-state index in [9.17, 15) is 9.59 Å². The average molecular weight is 368 g/mol. The fourth-order valence-electron chi connectivity index (χ4n) is 3.17. The van der Waals surface area contributed by atoms with E-state index < -0.39 is 6.03 Å². The molecule has 0 spiro atoms. The Morgan fingerprint density at radius 2 is 1.70 bits per heavy atom. The Kier molecular flexibility index (Phi) is 5.80. The van der Waals surface area contributed by atoms with Gasteiger partial charge in [0.25, 0.3) is 5.91 Å². The number of amides is 3. The molecule has 2 aromatic rings. The quantitative estimate of drug-likeness (QED) is 0.849. The minimum absolute atomic E-state index is 0.0154. The molecule has 0 unspecified atom stereocenters. The van der Waals surface area contributed by atoms with Gasteiger partial charge in [-0.3, -0.25) is 4.79 Å². The number of nitrogens with two attached hydrogens (primary N) is 1. The zero-order valence-electron chi connectivity index (χ0n) is 15.4. The van der Waals surface area contributed by atoms with Crippen molar-refractivity contribution in [2.75, 3.05) is 43.0 Å². The van der Waals surface area contributed by atoms with Crippen molar-refractivity contribution < 1.29 is 14.3 Å². The lowest BCUT2D eigenvalue weighted by Gasteiger charge is -2.36. The highest BCUT2D eigenvalue weighted by Gasteiger charge is 2.23. The highest BCUT2D eigenvalue weighted by molar-refractivity contribution is 5.95. The second kappa shape index (κ2) is 8.44. The first-order valence-corrected chi connectivity index (χ1v) is 9.01. The van der Waals surface area contributed by atoms with E-state index in [1.165, 1.54) is 0 Å². The second-order valence-electron chi connectivity index (χ2n) is 6.25. The molecule has 1 saturated heterocycles. The van der Waals surface area contributed by atoms with Crippen LogP contribution in [-0.2, 0) is 0 Å². The molecule has 27 heavy (non-hydrogen) atoms. The number of anilines is 2. The number of para-hydroxylation sites is 2. The van der Waals surface area contributed by atoms with Gasteiger partial charge in [-0.05, 0) is 43.3 Å². The molecule has 2 aromatic carbocycles. The van der Waals surface area contributed by atoms with Crippen molar-refractivity contribution in [3.8, 4) is 5.75 Å². The summed E-state index contributed by atoms with van der Waals surface area (Å²) in [4.78, 5) is 27.7. The van der Waals surface area contributed by atoms with Gasteiger partial charge in [0.2, 0.25) is 0 Å². The minimum atomic E-state index is -0.627. The molecule has 7 heteroatoms. The number of piperazine rings is 1. The first kappa shape index (κ1) is 18.6. The van der Waals surface area contributed by atoms with E-state index in [-0.39, 0.29) is 5.91 Å². The van der Waals surface area contributed by atoms with E-state index in [0.29, 0.717) is 30.9 Å². The predicted molar refractivity (Wildman–Crippen MR) is 105 cm³/mol. The van der Waals surface area contributed by atoms with Gasteiger partial charge in [-0.25, -0.2) is 4.79 Å². The fraction of sp³-hybridized carbons (Fsp3) is 0.300. The standard InChI is InChI=1S/C20H24N4O3/c1-2-27-18-6-4-3-5-17(18)23-11-13-24(14-12-23)19(25)15-7-9-16(10-8-15)22-20(21)26/h3-10H,2,11-14H2,1H3,(H3,21,22,26). The number of urea groups is 1. The maximum Gasteiger partial charge on any atom is 0.316 e. The van der Waals surface area contributed by atoms with Crippen LogP contribution in [0.1, 0.15) is 17.3 Å². The summed E-state index contributed by atoms with van der Waals surface area (Å²) < 4.78 is 5.71. The summed E-state index contributed by atoms with van der Waals surface area (Å²) in [7, 11) is 0. The molecule has 0 atom stereocenters. The Labute approximate surface area is 158 Å². The lowest BCUT2D eigenvalue weighted by atomic mass is 10.1. The topological polar surface area (TPSA) is 87.9 Å². The molecule has 1 heterocycles. The van der Waals surface area contributed by atoms with Crippen molar-refractivity contribution in [2.45, 2.75) is 6.92 Å². The van der Waals surface area contributed by atoms with E-state index in [0.717, 1.165) is 24.5 Å². The number of carbonyl (C=O) groups excluding carboxylic acids is 2. The molecule has 0 saturated carbocycles. The predicted octanol–water partition coefficient (Wildman–Crippen LogP) is 2.54. The van der Waals surface area contributed by atoms with E-state index in [1.807, 2.05) is 36.1 Å². The molecule has 3 amide bonds. The summed E-state index contributed by atoms with van der Waals surface area (Å²) in [5.41, 5.74) is 7.31. The van der Waals surface area contributed by atoms with Crippen molar-refractivity contribution in [3.63, 3.8) is 0 Å². The first-order valence-electron chi connectivity index (χ1n) is 9.01. The van der Waals surface area contributed by atoms with Crippen LogP contribution < -0.4 is 20.7 Å². The van der Waals surface area contributed by atoms with Crippen LogP contribution in [0.25, 0.3) is 0 Å². The molecule has 1 aliphatic heterocycles. The highest BCUT2D eigenvalue weighted by atomic mass is 16.5. The van der Waals surface area contributed by atoms with Crippen molar-refractivity contribution >= 4 is 23.3 Å². The van der Waals surface area contributed by atoms with Crippen LogP contribution in [0.4, 0.5) is 16.2 Å². The molecule has 0 aromatic heterocycles. The van der Waals surface area contributed by atoms with Crippen molar-refractivity contribution in [3.05, 3.63) is 54.1 Å². The van der Waals surface area contributed by atoms with Gasteiger partial charge in [-0.1, -0.05) is 12.1 Å². The zero-order valence-corrected chi connectivity index (χ0v) is 15.4. The Balaban J connectivity index is 1.62. The fourth-order valence-corrected chi connectivity index (χ4v) is 3.17. The smallest absolute Gasteiger partial charge is 0.316 e. The number of carbonyl (C=O) groups is 2. The van der Waals surface area contributed by atoms with Gasteiger partial charge in [0.05, 0.1) is 12.3 Å². The monoisotopic (exact) mass is 368 g/mol. The summed E-state index contributed by atoms with van der Waals surface area (Å²) in [6.07, 6.45) is 0. The van der Waals surface area contributed by atoms with Crippen molar-refractivity contribution in [2.24, 2.45) is 5.73 Å². The molecular weight excluding hydrogens is 344 g/mol. The summed E-state index contributed by atoms with van der Waals surface area (Å²) in [6.45, 7) is 5.36. The highest BCUT2D eigenvalue weighted by Crippen LogP contribution is 2.29. The normalized spacial score (nSPS) is 14.0. The molecule has 3 rings (SSSR count). The van der Waals surface area contributed by atoms with Crippen LogP contribution in [-0.4, -0.2) is 49.6 Å². The molecule has 0 radical (unpaired) electrons. The first-order chi connectivity index (χ1) is 13.1. The summed E-state index contributed by atoms with van der Waals surface area (Å²) >= 11 is 0. The van der Waals surface area contributed by atoms with Crippen LogP contribution in [0.15, 0.2) is 48.5 Å². The third-order valence-corrected chi connectivity index (χ3v) is 4.47. The number of rotatable bonds is 5. The Hall–Kier alpha value is -3.22. The summed E-state index contributed by atoms with van der Waals surface area (Å²) in [5.74, 6) is 0.857. The Morgan fingerprint density at radius 3 is 2.33 bits per heavy atom. The Bertz CT molecular complexity index is 799. The second-order valence-corrected chi connectivity index (χ2v) is 6.25. The van der Waals surface area contributed by atoms with Crippen molar-refractivity contribution in [1.29, 1.82) is 0 Å². The van der Waals surface area contributed by atoms with E-state index in [4.69, 9.17) is 10.5 Å². The van der Waals surface area contributed by atoms with Gasteiger partial charge in [0.15, 0.2) is 0 Å². The maximum atomic E-state index is 12.7. The molecule has 1 aliphatic rings. The molecule has 1 fully saturated rings. The lowest BCUT2D eigenvalue weighted by Crippen LogP contribution is -2.48. The summed E-state index contributed by atoms with van der Waals surface area (Å²) in [6, 6.07) is 14.1. The van der Waals surface area contributed by atoms with Gasteiger partial charge in [0.1, 0.15) is 5.75 Å². The number of primary amides is 1. The maximum absolute atomic E-state index is 12.7. The summed E-state index contributed by atoms with van der Waals surface area (Å²) in [5, 5.41) is 2.49. The van der Waals surface area contributed by atoms with Crippen molar-refractivity contribution in [1.82, 2.24) is 4.90 Å². The number of benzene rings is 2. The number of hydrogen-bond donors (Lipinski definition) is 2.